The Morgan fingerprint density at radius 1 is 1.10 bits per heavy atom. The second kappa shape index (κ2) is 16.7. The number of allylic oxidation sites excluding steroid dienone is 2. The second-order valence-electron chi connectivity index (χ2n) is 6.63. The van der Waals surface area contributed by atoms with Crippen LogP contribution < -0.4 is 5.32 Å². The van der Waals surface area contributed by atoms with Crippen LogP contribution in [0.4, 0.5) is 5.69 Å². The van der Waals surface area contributed by atoms with Crippen molar-refractivity contribution in [1.82, 2.24) is 0 Å². The Labute approximate surface area is 178 Å². The van der Waals surface area contributed by atoms with Crippen LogP contribution in [0.25, 0.3) is 0 Å². The maximum Gasteiger partial charge on any atom is 0.269 e. The average Bonchev–Trinajstić information content (AvgIpc) is 2.71. The van der Waals surface area contributed by atoms with Crippen molar-refractivity contribution in [2.45, 2.75) is 88.5 Å². The molecular formula is C25H42N2O2. The van der Waals surface area contributed by atoms with Gasteiger partial charge in [-0.05, 0) is 44.7 Å². The summed E-state index contributed by atoms with van der Waals surface area (Å²) in [5.74, 6) is -0.0967. The number of ketones is 1. The lowest BCUT2D eigenvalue weighted by Crippen LogP contribution is -2.22. The lowest BCUT2D eigenvalue weighted by molar-refractivity contribution is -0.110. The number of amides is 1. The number of aryl methyl sites for hydroxylation is 1. The zero-order chi connectivity index (χ0) is 23.0. The molecule has 0 saturated carbocycles. The summed E-state index contributed by atoms with van der Waals surface area (Å²) in [6.45, 7) is 19.4. The van der Waals surface area contributed by atoms with Gasteiger partial charge in [0.1, 0.15) is 5.71 Å². The molecule has 0 radical (unpaired) electrons. The molecule has 164 valence electrons. The van der Waals surface area contributed by atoms with Gasteiger partial charge in [0.05, 0.1) is 5.69 Å². The van der Waals surface area contributed by atoms with Crippen LogP contribution in [0.5, 0.6) is 0 Å². The van der Waals surface area contributed by atoms with E-state index in [1.807, 2.05) is 46.8 Å². The molecule has 0 aromatic heterocycles. The first-order valence-electron chi connectivity index (χ1n) is 10.9. The van der Waals surface area contributed by atoms with Crippen LogP contribution in [0.1, 0.15) is 97.5 Å². The van der Waals surface area contributed by atoms with E-state index in [0.29, 0.717) is 17.0 Å². The Morgan fingerprint density at radius 3 is 2.17 bits per heavy atom. The smallest absolute Gasteiger partial charge is 0.269 e. The Balaban J connectivity index is 0. The van der Waals surface area contributed by atoms with Crippen LogP contribution in [0.15, 0.2) is 35.0 Å². The Bertz CT molecular complexity index is 686. The van der Waals surface area contributed by atoms with E-state index in [9.17, 15) is 9.59 Å². The SMILES string of the molecule is CC.CC.CCCC/C=C(\N=C(C)C(=O)Nc1c(C)cccc1C(C)=O)C(C)C. The lowest BCUT2D eigenvalue weighted by Gasteiger charge is -2.13. The van der Waals surface area contributed by atoms with Crippen molar-refractivity contribution >= 4 is 23.1 Å². The number of benzene rings is 1. The summed E-state index contributed by atoms with van der Waals surface area (Å²) in [5, 5.41) is 2.85. The first-order chi connectivity index (χ1) is 13.8. The lowest BCUT2D eigenvalue weighted by atomic mass is 10.0. The number of aliphatic imine (C=N–C) groups is 1. The topological polar surface area (TPSA) is 58.5 Å². The Hall–Kier alpha value is -2.23. The van der Waals surface area contributed by atoms with Crippen molar-refractivity contribution in [3.8, 4) is 0 Å². The molecule has 0 heterocycles. The van der Waals surface area contributed by atoms with E-state index in [-0.39, 0.29) is 17.6 Å². The number of rotatable bonds is 8. The molecule has 1 amide bonds. The van der Waals surface area contributed by atoms with Gasteiger partial charge in [-0.3, -0.25) is 14.6 Å². The molecule has 0 aliphatic carbocycles. The van der Waals surface area contributed by atoms with Crippen LogP contribution in [0.2, 0.25) is 0 Å². The maximum absolute atomic E-state index is 12.5. The number of carbonyl (C=O) groups excluding carboxylic acids is 2. The molecule has 1 aromatic rings. The molecule has 29 heavy (non-hydrogen) atoms. The van der Waals surface area contributed by atoms with Crippen molar-refractivity contribution in [1.29, 1.82) is 0 Å². The van der Waals surface area contributed by atoms with Crippen LogP contribution in [-0.4, -0.2) is 17.4 Å². The van der Waals surface area contributed by atoms with Crippen molar-refractivity contribution in [3.05, 3.63) is 41.1 Å². The Morgan fingerprint density at radius 2 is 1.69 bits per heavy atom. The fourth-order valence-corrected chi connectivity index (χ4v) is 2.44. The predicted molar refractivity (Wildman–Crippen MR) is 128 cm³/mol. The predicted octanol–water partition coefficient (Wildman–Crippen LogP) is 7.38. The molecule has 0 atom stereocenters. The molecule has 0 fully saturated rings. The minimum Gasteiger partial charge on any atom is -0.320 e. The number of hydrogen-bond acceptors (Lipinski definition) is 3. The number of para-hydroxylation sites is 1. The zero-order valence-electron chi connectivity index (χ0n) is 20.3. The minimum absolute atomic E-state index is 0.0732. The summed E-state index contributed by atoms with van der Waals surface area (Å²) < 4.78 is 0. The standard InChI is InChI=1S/C21H30N2O2.2C2H6/c1-7-8-9-13-19(14(2)3)22-16(5)21(25)23-20-15(4)11-10-12-18(20)17(6)24;2*1-2/h10-14H,7-9H2,1-6H3,(H,23,25);2*1-2H3/b19-13-,22-16?;;. The summed E-state index contributed by atoms with van der Waals surface area (Å²) in [7, 11) is 0. The number of unbranched alkanes of at least 4 members (excludes halogenated alkanes) is 2. The van der Waals surface area contributed by atoms with Crippen LogP contribution >= 0.6 is 0 Å². The molecule has 1 N–H and O–H groups in total. The summed E-state index contributed by atoms with van der Waals surface area (Å²) in [6.07, 6.45) is 5.32. The second-order valence-corrected chi connectivity index (χ2v) is 6.63. The molecule has 1 aromatic carbocycles. The molecule has 0 aliphatic heterocycles. The molecule has 4 nitrogen and oxygen atoms in total. The van der Waals surface area contributed by atoms with Crippen LogP contribution in [-0.2, 0) is 4.79 Å². The van der Waals surface area contributed by atoms with Gasteiger partial charge in [-0.25, -0.2) is 0 Å². The molecule has 4 heteroatoms. The number of anilines is 1. The molecule has 0 saturated heterocycles. The van der Waals surface area contributed by atoms with E-state index in [2.05, 4.69) is 37.2 Å². The van der Waals surface area contributed by atoms with E-state index >= 15 is 0 Å². The van der Waals surface area contributed by atoms with Crippen LogP contribution in [0, 0.1) is 12.8 Å². The van der Waals surface area contributed by atoms with Gasteiger partial charge in [0.15, 0.2) is 5.78 Å². The summed E-state index contributed by atoms with van der Waals surface area (Å²) in [5.41, 5.74) is 3.27. The third kappa shape index (κ3) is 10.8. The third-order valence-electron chi connectivity index (χ3n) is 4.02. The normalized spacial score (nSPS) is 11.1. The fraction of sp³-hybridized carbons (Fsp3) is 0.560. The third-order valence-corrected chi connectivity index (χ3v) is 4.02. The van der Waals surface area contributed by atoms with Crippen molar-refractivity contribution in [2.24, 2.45) is 10.9 Å². The molecule has 0 unspecified atom stereocenters. The summed E-state index contributed by atoms with van der Waals surface area (Å²) in [6, 6.07) is 5.41. The van der Waals surface area contributed by atoms with Gasteiger partial charge < -0.3 is 5.32 Å². The molecule has 1 rings (SSSR count). The highest BCUT2D eigenvalue weighted by Crippen LogP contribution is 2.21. The van der Waals surface area contributed by atoms with E-state index in [1.54, 1.807) is 13.0 Å². The zero-order valence-corrected chi connectivity index (χ0v) is 20.3. The van der Waals surface area contributed by atoms with E-state index in [4.69, 9.17) is 0 Å². The van der Waals surface area contributed by atoms with Gasteiger partial charge in [0.25, 0.3) is 5.91 Å². The number of Topliss-reactive ketones (excluding diaryl/α,β-unsaturated/α-hetero) is 1. The highest BCUT2D eigenvalue weighted by atomic mass is 16.2. The van der Waals surface area contributed by atoms with Crippen molar-refractivity contribution in [2.75, 3.05) is 5.32 Å². The summed E-state index contributed by atoms with van der Waals surface area (Å²) >= 11 is 0. The van der Waals surface area contributed by atoms with Gasteiger partial charge >= 0.3 is 0 Å². The highest BCUT2D eigenvalue weighted by molar-refractivity contribution is 6.42. The molecule has 0 bridgehead atoms. The first kappa shape index (κ1) is 29.0. The largest absolute Gasteiger partial charge is 0.320 e. The average molecular weight is 403 g/mol. The van der Waals surface area contributed by atoms with Crippen LogP contribution in [0.3, 0.4) is 0 Å². The monoisotopic (exact) mass is 402 g/mol. The Kier molecular flexibility index (Phi) is 16.7. The van der Waals surface area contributed by atoms with Gasteiger partial charge in [-0.2, -0.15) is 0 Å². The first-order valence-corrected chi connectivity index (χ1v) is 10.9. The molecule has 0 aliphatic rings. The van der Waals surface area contributed by atoms with Gasteiger partial charge in [-0.1, -0.05) is 79.5 Å². The van der Waals surface area contributed by atoms with E-state index in [0.717, 1.165) is 30.5 Å². The highest BCUT2D eigenvalue weighted by Gasteiger charge is 2.15. The van der Waals surface area contributed by atoms with Crippen molar-refractivity contribution < 1.29 is 9.59 Å². The maximum atomic E-state index is 12.5. The quantitative estimate of drug-likeness (QED) is 0.280. The van der Waals surface area contributed by atoms with E-state index in [1.165, 1.54) is 6.92 Å². The van der Waals surface area contributed by atoms with E-state index < -0.39 is 0 Å². The number of carbonyl (C=O) groups is 2. The van der Waals surface area contributed by atoms with Gasteiger partial charge in [0.2, 0.25) is 0 Å². The molecule has 0 spiro atoms. The fourth-order valence-electron chi connectivity index (χ4n) is 2.44. The number of hydrogen-bond donors (Lipinski definition) is 1. The molecular weight excluding hydrogens is 360 g/mol. The van der Waals surface area contributed by atoms with Crippen molar-refractivity contribution in [3.63, 3.8) is 0 Å². The number of nitrogens with zero attached hydrogens (tertiary/aromatic N) is 1. The van der Waals surface area contributed by atoms with Gasteiger partial charge in [-0.15, -0.1) is 0 Å². The minimum atomic E-state index is -0.279. The van der Waals surface area contributed by atoms with Gasteiger partial charge in [0, 0.05) is 11.3 Å². The number of nitrogens with one attached hydrogen (secondary N) is 1. The summed E-state index contributed by atoms with van der Waals surface area (Å²) in [4.78, 5) is 28.9.